The highest BCUT2D eigenvalue weighted by molar-refractivity contribution is 5.82. The van der Waals surface area contributed by atoms with Gasteiger partial charge >= 0.3 is 0 Å². The molecule has 1 aromatic rings. The van der Waals surface area contributed by atoms with Gasteiger partial charge in [-0.2, -0.15) is 0 Å². The minimum absolute atomic E-state index is 0.0247. The topological polar surface area (TPSA) is 63.2 Å². The summed E-state index contributed by atoms with van der Waals surface area (Å²) in [5.41, 5.74) is 0.383. The van der Waals surface area contributed by atoms with Crippen molar-refractivity contribution in [2.75, 3.05) is 19.7 Å². The average Bonchev–Trinajstić information content (AvgIpc) is 2.83. The lowest BCUT2D eigenvalue weighted by molar-refractivity contribution is -0.131. The molecule has 0 aliphatic carbocycles. The van der Waals surface area contributed by atoms with Gasteiger partial charge in [-0.3, -0.25) is 4.79 Å². The molecule has 0 spiro atoms. The average molecular weight is 291 g/mol. The second-order valence-electron chi connectivity index (χ2n) is 6.51. The number of ether oxygens (including phenoxy) is 1. The van der Waals surface area contributed by atoms with Crippen LogP contribution in [0.4, 0.5) is 0 Å². The number of pyridine rings is 1. The van der Waals surface area contributed by atoms with Gasteiger partial charge in [0.1, 0.15) is 6.61 Å². The van der Waals surface area contributed by atoms with Gasteiger partial charge in [0.25, 0.3) is 0 Å². The van der Waals surface area contributed by atoms with Gasteiger partial charge in [-0.05, 0) is 39.3 Å². The molecule has 1 aliphatic rings. The summed E-state index contributed by atoms with van der Waals surface area (Å²) in [4.78, 5) is 16.6. The summed E-state index contributed by atoms with van der Waals surface area (Å²) < 4.78 is 5.73. The standard InChI is InChI=1S/C16H25N3O2/c1-11-6-5-7-18-14(11)21-10-16(3,4)15(20)19-13-9-17-8-12(13)2/h5-7,12-13,17H,8-10H2,1-4H3,(H,19,20). The number of aryl methyl sites for hydroxylation is 1. The SMILES string of the molecule is Cc1cccnc1OCC(C)(C)C(=O)NC1CNCC1C. The van der Waals surface area contributed by atoms with Crippen LogP contribution in [0.15, 0.2) is 18.3 Å². The van der Waals surface area contributed by atoms with E-state index in [0.717, 1.165) is 18.7 Å². The van der Waals surface area contributed by atoms with Crippen molar-refractivity contribution in [2.24, 2.45) is 11.3 Å². The van der Waals surface area contributed by atoms with E-state index in [4.69, 9.17) is 4.74 Å². The minimum Gasteiger partial charge on any atom is -0.476 e. The third-order valence-corrected chi connectivity index (χ3v) is 3.98. The monoisotopic (exact) mass is 291 g/mol. The van der Waals surface area contributed by atoms with Gasteiger partial charge in [0, 0.05) is 24.3 Å². The lowest BCUT2D eigenvalue weighted by Crippen LogP contribution is -2.48. The van der Waals surface area contributed by atoms with E-state index in [9.17, 15) is 4.79 Å². The van der Waals surface area contributed by atoms with E-state index in [2.05, 4.69) is 22.5 Å². The molecular weight excluding hydrogens is 266 g/mol. The molecule has 21 heavy (non-hydrogen) atoms. The molecule has 2 rings (SSSR count). The number of nitrogens with one attached hydrogen (secondary N) is 2. The van der Waals surface area contributed by atoms with Crippen LogP contribution in [0, 0.1) is 18.3 Å². The molecule has 1 amide bonds. The number of carbonyl (C=O) groups excluding carboxylic acids is 1. The Bertz CT molecular complexity index is 502. The van der Waals surface area contributed by atoms with Crippen LogP contribution in [-0.4, -0.2) is 36.6 Å². The lowest BCUT2D eigenvalue weighted by atomic mass is 9.92. The van der Waals surface area contributed by atoms with Crippen molar-refractivity contribution >= 4 is 5.91 Å². The first-order chi connectivity index (χ1) is 9.90. The normalized spacial score (nSPS) is 22.1. The van der Waals surface area contributed by atoms with Crippen LogP contribution in [0.25, 0.3) is 0 Å². The molecule has 2 heterocycles. The Labute approximate surface area is 126 Å². The van der Waals surface area contributed by atoms with Gasteiger partial charge in [0.15, 0.2) is 0 Å². The summed E-state index contributed by atoms with van der Waals surface area (Å²) in [6.07, 6.45) is 1.70. The van der Waals surface area contributed by atoms with E-state index in [1.807, 2.05) is 32.9 Å². The predicted molar refractivity (Wildman–Crippen MR) is 82.2 cm³/mol. The molecule has 2 N–H and O–H groups in total. The van der Waals surface area contributed by atoms with Crippen LogP contribution in [0.2, 0.25) is 0 Å². The molecule has 2 atom stereocenters. The van der Waals surface area contributed by atoms with Crippen molar-refractivity contribution in [1.82, 2.24) is 15.6 Å². The van der Waals surface area contributed by atoms with Crippen molar-refractivity contribution in [3.63, 3.8) is 0 Å². The summed E-state index contributed by atoms with van der Waals surface area (Å²) in [5.74, 6) is 1.08. The third-order valence-electron chi connectivity index (χ3n) is 3.98. The smallest absolute Gasteiger partial charge is 0.229 e. The molecule has 5 heteroatoms. The van der Waals surface area contributed by atoms with Gasteiger partial charge in [0.2, 0.25) is 11.8 Å². The maximum atomic E-state index is 12.4. The van der Waals surface area contributed by atoms with Crippen LogP contribution >= 0.6 is 0 Å². The van der Waals surface area contributed by atoms with Gasteiger partial charge < -0.3 is 15.4 Å². The van der Waals surface area contributed by atoms with Crippen molar-refractivity contribution in [3.8, 4) is 5.88 Å². The first kappa shape index (κ1) is 15.8. The van der Waals surface area contributed by atoms with E-state index in [-0.39, 0.29) is 11.9 Å². The van der Waals surface area contributed by atoms with Crippen LogP contribution in [-0.2, 0) is 4.79 Å². The zero-order chi connectivity index (χ0) is 15.5. The number of aromatic nitrogens is 1. The van der Waals surface area contributed by atoms with Crippen LogP contribution < -0.4 is 15.4 Å². The van der Waals surface area contributed by atoms with Crippen LogP contribution in [0.3, 0.4) is 0 Å². The van der Waals surface area contributed by atoms with Crippen molar-refractivity contribution in [3.05, 3.63) is 23.9 Å². The fraction of sp³-hybridized carbons (Fsp3) is 0.625. The highest BCUT2D eigenvalue weighted by atomic mass is 16.5. The molecule has 116 valence electrons. The Hall–Kier alpha value is -1.62. The summed E-state index contributed by atoms with van der Waals surface area (Å²) in [6.45, 7) is 9.98. The number of rotatable bonds is 5. The van der Waals surface area contributed by atoms with E-state index in [1.165, 1.54) is 0 Å². The van der Waals surface area contributed by atoms with Crippen molar-refractivity contribution < 1.29 is 9.53 Å². The fourth-order valence-electron chi connectivity index (χ4n) is 2.30. The summed E-state index contributed by atoms with van der Waals surface area (Å²) in [7, 11) is 0. The maximum Gasteiger partial charge on any atom is 0.229 e. The molecule has 0 saturated carbocycles. The molecule has 5 nitrogen and oxygen atoms in total. The van der Waals surface area contributed by atoms with Gasteiger partial charge in [-0.1, -0.05) is 13.0 Å². The minimum atomic E-state index is -0.591. The Morgan fingerprint density at radius 2 is 2.29 bits per heavy atom. The second-order valence-corrected chi connectivity index (χ2v) is 6.51. The Morgan fingerprint density at radius 3 is 2.90 bits per heavy atom. The predicted octanol–water partition coefficient (Wildman–Crippen LogP) is 1.52. The summed E-state index contributed by atoms with van der Waals surface area (Å²) in [6, 6.07) is 4.02. The highest BCUT2D eigenvalue weighted by Gasteiger charge is 2.33. The number of hydrogen-bond acceptors (Lipinski definition) is 4. The molecule has 0 bridgehead atoms. The molecular formula is C16H25N3O2. The van der Waals surface area contributed by atoms with Gasteiger partial charge in [-0.25, -0.2) is 4.98 Å². The Morgan fingerprint density at radius 1 is 1.52 bits per heavy atom. The molecule has 1 saturated heterocycles. The maximum absolute atomic E-state index is 12.4. The number of carbonyl (C=O) groups is 1. The zero-order valence-electron chi connectivity index (χ0n) is 13.3. The quantitative estimate of drug-likeness (QED) is 0.863. The second kappa shape index (κ2) is 6.43. The van der Waals surface area contributed by atoms with E-state index >= 15 is 0 Å². The first-order valence-corrected chi connectivity index (χ1v) is 7.46. The lowest BCUT2D eigenvalue weighted by Gasteiger charge is -2.27. The van der Waals surface area contributed by atoms with Crippen molar-refractivity contribution in [1.29, 1.82) is 0 Å². The molecule has 0 radical (unpaired) electrons. The van der Waals surface area contributed by atoms with Crippen LogP contribution in [0.5, 0.6) is 5.88 Å². The summed E-state index contributed by atoms with van der Waals surface area (Å²) >= 11 is 0. The van der Waals surface area contributed by atoms with E-state index in [1.54, 1.807) is 6.20 Å². The van der Waals surface area contributed by atoms with Crippen LogP contribution in [0.1, 0.15) is 26.3 Å². The number of hydrogen-bond donors (Lipinski definition) is 2. The zero-order valence-corrected chi connectivity index (χ0v) is 13.3. The summed E-state index contributed by atoms with van der Waals surface area (Å²) in [5, 5.41) is 6.41. The first-order valence-electron chi connectivity index (χ1n) is 7.46. The Balaban J connectivity index is 1.91. The highest BCUT2D eigenvalue weighted by Crippen LogP contribution is 2.21. The largest absolute Gasteiger partial charge is 0.476 e. The molecule has 2 unspecified atom stereocenters. The number of nitrogens with zero attached hydrogens (tertiary/aromatic N) is 1. The van der Waals surface area contributed by atoms with E-state index in [0.29, 0.717) is 18.4 Å². The van der Waals surface area contributed by atoms with Gasteiger partial charge in [-0.15, -0.1) is 0 Å². The molecule has 0 aromatic carbocycles. The molecule has 1 aromatic heterocycles. The third kappa shape index (κ3) is 3.94. The van der Waals surface area contributed by atoms with Crippen molar-refractivity contribution in [2.45, 2.75) is 33.7 Å². The van der Waals surface area contributed by atoms with Gasteiger partial charge in [0.05, 0.1) is 5.41 Å². The van der Waals surface area contributed by atoms with E-state index < -0.39 is 5.41 Å². The number of amides is 1. The Kier molecular flexibility index (Phi) is 4.83. The fourth-order valence-corrected chi connectivity index (χ4v) is 2.30. The molecule has 1 fully saturated rings. The molecule has 1 aliphatic heterocycles.